The molecule has 0 heterocycles. The Hall–Kier alpha value is -1.02. The Morgan fingerprint density at radius 3 is 2.24 bits per heavy atom. The van der Waals surface area contributed by atoms with Gasteiger partial charge in [-0.2, -0.15) is 0 Å². The molecule has 0 atom stereocenters. The number of hydrogen-bond acceptors (Lipinski definition) is 2. The Bertz CT molecular complexity index is 332. The van der Waals surface area contributed by atoms with Crippen LogP contribution < -0.4 is 10.1 Å². The van der Waals surface area contributed by atoms with Crippen molar-refractivity contribution < 1.29 is 4.74 Å². The van der Waals surface area contributed by atoms with Crippen LogP contribution in [0.5, 0.6) is 5.75 Å². The van der Waals surface area contributed by atoms with Crippen molar-refractivity contribution in [3.05, 3.63) is 29.3 Å². The lowest BCUT2D eigenvalue weighted by Gasteiger charge is -2.20. The predicted molar refractivity (Wildman–Crippen MR) is 73.8 cm³/mol. The van der Waals surface area contributed by atoms with Crippen molar-refractivity contribution in [2.24, 2.45) is 0 Å². The SMILES string of the molecule is Cc1cccc(C)c1OCCCNC(C)(C)C. The van der Waals surface area contributed by atoms with Crippen molar-refractivity contribution in [3.63, 3.8) is 0 Å². The van der Waals surface area contributed by atoms with E-state index in [1.807, 2.05) is 0 Å². The van der Waals surface area contributed by atoms with E-state index >= 15 is 0 Å². The second-order valence-corrected chi connectivity index (χ2v) is 5.60. The summed E-state index contributed by atoms with van der Waals surface area (Å²) < 4.78 is 5.84. The number of aryl methyl sites for hydroxylation is 2. The maximum absolute atomic E-state index is 5.84. The number of hydrogen-bond donors (Lipinski definition) is 1. The molecule has 0 aliphatic carbocycles. The van der Waals surface area contributed by atoms with E-state index in [9.17, 15) is 0 Å². The zero-order chi connectivity index (χ0) is 12.9. The van der Waals surface area contributed by atoms with E-state index in [0.29, 0.717) is 0 Å². The molecular formula is C15H25NO. The number of para-hydroxylation sites is 1. The summed E-state index contributed by atoms with van der Waals surface area (Å²) in [5, 5.41) is 3.46. The van der Waals surface area contributed by atoms with Crippen molar-refractivity contribution in [2.75, 3.05) is 13.2 Å². The van der Waals surface area contributed by atoms with Gasteiger partial charge in [0.2, 0.25) is 0 Å². The van der Waals surface area contributed by atoms with Crippen molar-refractivity contribution in [1.82, 2.24) is 5.32 Å². The van der Waals surface area contributed by atoms with Gasteiger partial charge in [0.25, 0.3) is 0 Å². The first kappa shape index (κ1) is 14.0. The summed E-state index contributed by atoms with van der Waals surface area (Å²) in [5.41, 5.74) is 2.63. The molecule has 1 N–H and O–H groups in total. The molecule has 0 unspecified atom stereocenters. The van der Waals surface area contributed by atoms with E-state index < -0.39 is 0 Å². The van der Waals surface area contributed by atoms with Gasteiger partial charge in [-0.3, -0.25) is 0 Å². The van der Waals surface area contributed by atoms with E-state index in [2.05, 4.69) is 58.1 Å². The van der Waals surface area contributed by atoms with Crippen molar-refractivity contribution in [2.45, 2.75) is 46.6 Å². The summed E-state index contributed by atoms with van der Waals surface area (Å²) in [7, 11) is 0. The highest BCUT2D eigenvalue weighted by atomic mass is 16.5. The molecule has 0 fully saturated rings. The lowest BCUT2D eigenvalue weighted by atomic mass is 10.1. The molecule has 0 aromatic heterocycles. The van der Waals surface area contributed by atoms with Crippen LogP contribution in [0.25, 0.3) is 0 Å². The monoisotopic (exact) mass is 235 g/mol. The van der Waals surface area contributed by atoms with Crippen LogP contribution in [-0.4, -0.2) is 18.7 Å². The molecule has 0 saturated heterocycles. The van der Waals surface area contributed by atoms with Crippen LogP contribution in [0, 0.1) is 13.8 Å². The van der Waals surface area contributed by atoms with Gasteiger partial charge in [-0.25, -0.2) is 0 Å². The average Bonchev–Trinajstić information content (AvgIpc) is 2.20. The van der Waals surface area contributed by atoms with Gasteiger partial charge in [0.15, 0.2) is 0 Å². The minimum absolute atomic E-state index is 0.193. The van der Waals surface area contributed by atoms with E-state index in [-0.39, 0.29) is 5.54 Å². The second kappa shape index (κ2) is 6.06. The largest absolute Gasteiger partial charge is 0.493 e. The highest BCUT2D eigenvalue weighted by Gasteiger charge is 2.07. The number of nitrogens with one attached hydrogen (secondary N) is 1. The smallest absolute Gasteiger partial charge is 0.125 e. The highest BCUT2D eigenvalue weighted by molar-refractivity contribution is 5.39. The third-order valence-electron chi connectivity index (χ3n) is 2.63. The lowest BCUT2D eigenvalue weighted by Crippen LogP contribution is -2.36. The van der Waals surface area contributed by atoms with Gasteiger partial charge in [-0.1, -0.05) is 18.2 Å². The quantitative estimate of drug-likeness (QED) is 0.789. The molecule has 1 aromatic carbocycles. The highest BCUT2D eigenvalue weighted by Crippen LogP contribution is 2.22. The van der Waals surface area contributed by atoms with Crippen LogP contribution in [0.15, 0.2) is 18.2 Å². The summed E-state index contributed by atoms with van der Waals surface area (Å²) >= 11 is 0. The summed E-state index contributed by atoms with van der Waals surface area (Å²) in [6.45, 7) is 12.5. The Kier molecular flexibility index (Phi) is 5.01. The zero-order valence-electron chi connectivity index (χ0n) is 11.8. The first-order valence-electron chi connectivity index (χ1n) is 6.34. The van der Waals surface area contributed by atoms with Crippen LogP contribution in [0.1, 0.15) is 38.3 Å². The molecule has 1 aromatic rings. The van der Waals surface area contributed by atoms with Gasteiger partial charge >= 0.3 is 0 Å². The fourth-order valence-corrected chi connectivity index (χ4v) is 1.74. The van der Waals surface area contributed by atoms with Crippen molar-refractivity contribution in [1.29, 1.82) is 0 Å². The Morgan fingerprint density at radius 1 is 1.12 bits per heavy atom. The van der Waals surface area contributed by atoms with Gasteiger partial charge in [0.05, 0.1) is 6.61 Å². The normalized spacial score (nSPS) is 11.6. The third-order valence-corrected chi connectivity index (χ3v) is 2.63. The molecule has 0 aliphatic heterocycles. The molecule has 1 rings (SSSR count). The molecular weight excluding hydrogens is 210 g/mol. The maximum atomic E-state index is 5.84. The van der Waals surface area contributed by atoms with E-state index in [1.54, 1.807) is 0 Å². The Labute approximate surface area is 105 Å². The van der Waals surface area contributed by atoms with Crippen LogP contribution in [0.4, 0.5) is 0 Å². The number of benzene rings is 1. The minimum atomic E-state index is 0.193. The molecule has 0 amide bonds. The minimum Gasteiger partial charge on any atom is -0.493 e. The van der Waals surface area contributed by atoms with Crippen LogP contribution in [0.3, 0.4) is 0 Å². The first-order valence-corrected chi connectivity index (χ1v) is 6.34. The topological polar surface area (TPSA) is 21.3 Å². The first-order chi connectivity index (χ1) is 7.90. The van der Waals surface area contributed by atoms with Gasteiger partial charge in [-0.05, 0) is 58.7 Å². The van der Waals surface area contributed by atoms with Gasteiger partial charge in [0, 0.05) is 5.54 Å². The zero-order valence-corrected chi connectivity index (χ0v) is 11.8. The number of ether oxygens (including phenoxy) is 1. The van der Waals surface area contributed by atoms with Gasteiger partial charge in [0.1, 0.15) is 5.75 Å². The Balaban J connectivity index is 2.32. The van der Waals surface area contributed by atoms with Gasteiger partial charge < -0.3 is 10.1 Å². The van der Waals surface area contributed by atoms with Crippen LogP contribution in [0.2, 0.25) is 0 Å². The molecule has 0 radical (unpaired) electrons. The molecule has 2 nitrogen and oxygen atoms in total. The Morgan fingerprint density at radius 2 is 1.71 bits per heavy atom. The predicted octanol–water partition coefficient (Wildman–Crippen LogP) is 3.46. The van der Waals surface area contributed by atoms with E-state index in [0.717, 1.165) is 25.3 Å². The van der Waals surface area contributed by atoms with Crippen LogP contribution >= 0.6 is 0 Å². The maximum Gasteiger partial charge on any atom is 0.125 e. The molecule has 0 saturated carbocycles. The molecule has 96 valence electrons. The third kappa shape index (κ3) is 5.22. The van der Waals surface area contributed by atoms with E-state index in [4.69, 9.17) is 4.74 Å². The number of rotatable bonds is 5. The fraction of sp³-hybridized carbons (Fsp3) is 0.600. The molecule has 17 heavy (non-hydrogen) atoms. The average molecular weight is 235 g/mol. The van der Waals surface area contributed by atoms with Gasteiger partial charge in [-0.15, -0.1) is 0 Å². The molecule has 0 spiro atoms. The fourth-order valence-electron chi connectivity index (χ4n) is 1.74. The standard InChI is InChI=1S/C15H25NO/c1-12-8-6-9-13(2)14(12)17-11-7-10-16-15(3,4)5/h6,8-9,16H,7,10-11H2,1-5H3. The van der Waals surface area contributed by atoms with Crippen molar-refractivity contribution in [3.8, 4) is 5.75 Å². The molecule has 0 aliphatic rings. The lowest BCUT2D eigenvalue weighted by molar-refractivity contribution is 0.295. The summed E-state index contributed by atoms with van der Waals surface area (Å²) in [6, 6.07) is 6.25. The summed E-state index contributed by atoms with van der Waals surface area (Å²) in [5.74, 6) is 1.04. The summed E-state index contributed by atoms with van der Waals surface area (Å²) in [4.78, 5) is 0. The summed E-state index contributed by atoms with van der Waals surface area (Å²) in [6.07, 6.45) is 1.03. The second-order valence-electron chi connectivity index (χ2n) is 5.60. The molecule has 2 heteroatoms. The van der Waals surface area contributed by atoms with Crippen LogP contribution in [-0.2, 0) is 0 Å². The molecule has 0 bridgehead atoms. The van der Waals surface area contributed by atoms with Crippen molar-refractivity contribution >= 4 is 0 Å². The van der Waals surface area contributed by atoms with E-state index in [1.165, 1.54) is 11.1 Å².